The summed E-state index contributed by atoms with van der Waals surface area (Å²) in [6.45, 7) is 7.59. The Bertz CT molecular complexity index is 365. The molecule has 1 unspecified atom stereocenters. The molecule has 0 saturated heterocycles. The normalized spacial score (nSPS) is 13.0. The lowest BCUT2D eigenvalue weighted by atomic mass is 10.0. The van der Waals surface area contributed by atoms with Gasteiger partial charge in [-0.25, -0.2) is 0 Å². The quantitative estimate of drug-likeness (QED) is 0.816. The molecule has 0 radical (unpaired) electrons. The fourth-order valence-corrected chi connectivity index (χ4v) is 2.54. The lowest BCUT2D eigenvalue weighted by Gasteiger charge is -2.23. The van der Waals surface area contributed by atoms with Crippen molar-refractivity contribution in [1.29, 1.82) is 0 Å². The van der Waals surface area contributed by atoms with E-state index in [0.717, 1.165) is 31.6 Å². The Labute approximate surface area is 120 Å². The summed E-state index contributed by atoms with van der Waals surface area (Å²) < 4.78 is 0. The second-order valence-electron chi connectivity index (χ2n) is 4.30. The van der Waals surface area contributed by atoms with Crippen molar-refractivity contribution >= 4 is 23.2 Å². The summed E-state index contributed by atoms with van der Waals surface area (Å²) in [4.78, 5) is 2.41. The van der Waals surface area contributed by atoms with Gasteiger partial charge in [0.1, 0.15) is 0 Å². The van der Waals surface area contributed by atoms with Crippen molar-refractivity contribution in [1.82, 2.24) is 10.2 Å². The van der Waals surface area contributed by atoms with Crippen molar-refractivity contribution < 1.29 is 0 Å². The van der Waals surface area contributed by atoms with E-state index in [1.807, 2.05) is 25.2 Å². The molecule has 1 aromatic carbocycles. The number of rotatable bonds is 7. The first-order valence-corrected chi connectivity index (χ1v) is 7.23. The fourth-order valence-electron chi connectivity index (χ4n) is 2.10. The van der Waals surface area contributed by atoms with E-state index in [1.165, 1.54) is 0 Å². The van der Waals surface area contributed by atoms with Crippen molar-refractivity contribution in [3.63, 3.8) is 0 Å². The Balaban J connectivity index is 2.74. The maximum atomic E-state index is 6.26. The second-order valence-corrected chi connectivity index (χ2v) is 5.09. The van der Waals surface area contributed by atoms with Gasteiger partial charge in [0.05, 0.1) is 10.0 Å². The van der Waals surface area contributed by atoms with E-state index in [4.69, 9.17) is 23.2 Å². The summed E-state index contributed by atoms with van der Waals surface area (Å²) in [5.41, 5.74) is 1.08. The number of hydrogen-bond acceptors (Lipinski definition) is 2. The molecule has 0 bridgehead atoms. The maximum absolute atomic E-state index is 6.26. The van der Waals surface area contributed by atoms with E-state index < -0.39 is 0 Å². The van der Waals surface area contributed by atoms with Crippen molar-refractivity contribution in [2.75, 3.05) is 26.7 Å². The SMILES string of the molecule is CCN(CC)CCC(NC)c1cccc(Cl)c1Cl. The Kier molecular flexibility index (Phi) is 7.02. The van der Waals surface area contributed by atoms with E-state index in [1.54, 1.807) is 0 Å². The van der Waals surface area contributed by atoms with Gasteiger partial charge in [0, 0.05) is 6.04 Å². The predicted octanol–water partition coefficient (Wildman–Crippen LogP) is 3.99. The topological polar surface area (TPSA) is 15.3 Å². The van der Waals surface area contributed by atoms with Gasteiger partial charge in [-0.3, -0.25) is 0 Å². The average Bonchev–Trinajstić information content (AvgIpc) is 2.39. The van der Waals surface area contributed by atoms with Crippen LogP contribution >= 0.6 is 23.2 Å². The third-order valence-electron chi connectivity index (χ3n) is 3.33. The zero-order chi connectivity index (χ0) is 13.5. The van der Waals surface area contributed by atoms with Gasteiger partial charge >= 0.3 is 0 Å². The van der Waals surface area contributed by atoms with Gasteiger partial charge in [0.15, 0.2) is 0 Å². The molecule has 0 fully saturated rings. The van der Waals surface area contributed by atoms with Crippen molar-refractivity contribution in [2.45, 2.75) is 26.3 Å². The Morgan fingerprint density at radius 2 is 1.89 bits per heavy atom. The molecule has 0 aromatic heterocycles. The van der Waals surface area contributed by atoms with Gasteiger partial charge in [-0.05, 0) is 44.7 Å². The third kappa shape index (κ3) is 4.13. The van der Waals surface area contributed by atoms with Gasteiger partial charge in [0.25, 0.3) is 0 Å². The summed E-state index contributed by atoms with van der Waals surface area (Å²) in [7, 11) is 1.96. The first kappa shape index (κ1) is 15.8. The number of halogens is 2. The van der Waals surface area contributed by atoms with Crippen molar-refractivity contribution in [3.05, 3.63) is 33.8 Å². The Morgan fingerprint density at radius 1 is 1.22 bits per heavy atom. The zero-order valence-electron chi connectivity index (χ0n) is 11.3. The van der Waals surface area contributed by atoms with E-state index in [0.29, 0.717) is 10.0 Å². The monoisotopic (exact) mass is 288 g/mol. The van der Waals surface area contributed by atoms with Crippen LogP contribution in [0.3, 0.4) is 0 Å². The van der Waals surface area contributed by atoms with Crippen LogP contribution in [0.5, 0.6) is 0 Å². The predicted molar refractivity (Wildman–Crippen MR) is 80.7 cm³/mol. The van der Waals surface area contributed by atoms with Crippen molar-refractivity contribution in [3.8, 4) is 0 Å². The number of benzene rings is 1. The van der Waals surface area contributed by atoms with E-state index >= 15 is 0 Å². The smallest absolute Gasteiger partial charge is 0.0640 e. The molecule has 0 aliphatic heterocycles. The molecule has 2 nitrogen and oxygen atoms in total. The Morgan fingerprint density at radius 3 is 2.44 bits per heavy atom. The van der Waals surface area contributed by atoms with E-state index in [9.17, 15) is 0 Å². The summed E-state index contributed by atoms with van der Waals surface area (Å²) >= 11 is 12.3. The standard InChI is InChI=1S/C14H22Cl2N2/c1-4-18(5-2)10-9-13(17-3)11-7-6-8-12(15)14(11)16/h6-8,13,17H,4-5,9-10H2,1-3H3. The number of hydrogen-bond donors (Lipinski definition) is 1. The van der Waals surface area contributed by atoms with Crippen LogP contribution in [0, 0.1) is 0 Å². The molecule has 18 heavy (non-hydrogen) atoms. The van der Waals surface area contributed by atoms with E-state index in [2.05, 4.69) is 24.1 Å². The van der Waals surface area contributed by atoms with Crippen LogP contribution in [-0.4, -0.2) is 31.6 Å². The molecule has 1 N–H and O–H groups in total. The minimum atomic E-state index is 0.247. The highest BCUT2D eigenvalue weighted by Gasteiger charge is 2.15. The summed E-state index contributed by atoms with van der Waals surface area (Å²) in [5, 5.41) is 4.61. The fraction of sp³-hybridized carbons (Fsp3) is 0.571. The summed E-state index contributed by atoms with van der Waals surface area (Å²) in [6, 6.07) is 6.06. The molecule has 0 heterocycles. The van der Waals surface area contributed by atoms with Crippen LogP contribution in [0.1, 0.15) is 31.9 Å². The van der Waals surface area contributed by atoms with Crippen LogP contribution in [0.4, 0.5) is 0 Å². The zero-order valence-corrected chi connectivity index (χ0v) is 12.9. The van der Waals surface area contributed by atoms with Gasteiger partial charge in [-0.2, -0.15) is 0 Å². The average molecular weight is 289 g/mol. The molecule has 4 heteroatoms. The lowest BCUT2D eigenvalue weighted by Crippen LogP contribution is -2.28. The maximum Gasteiger partial charge on any atom is 0.0640 e. The molecule has 0 saturated carbocycles. The summed E-state index contributed by atoms with van der Waals surface area (Å²) in [6.07, 6.45) is 1.03. The molecular weight excluding hydrogens is 267 g/mol. The highest BCUT2D eigenvalue weighted by molar-refractivity contribution is 6.42. The molecular formula is C14H22Cl2N2. The molecule has 1 rings (SSSR count). The van der Waals surface area contributed by atoms with Gasteiger partial charge in [-0.1, -0.05) is 49.2 Å². The van der Waals surface area contributed by atoms with Gasteiger partial charge in [-0.15, -0.1) is 0 Å². The highest BCUT2D eigenvalue weighted by Crippen LogP contribution is 2.31. The van der Waals surface area contributed by atoms with E-state index in [-0.39, 0.29) is 6.04 Å². The van der Waals surface area contributed by atoms with Crippen LogP contribution in [0.2, 0.25) is 10.0 Å². The first-order chi connectivity index (χ1) is 8.63. The summed E-state index contributed by atoms with van der Waals surface area (Å²) in [5.74, 6) is 0. The van der Waals surface area contributed by atoms with Gasteiger partial charge < -0.3 is 10.2 Å². The molecule has 1 aromatic rings. The largest absolute Gasteiger partial charge is 0.313 e. The molecule has 0 spiro atoms. The van der Waals surface area contributed by atoms with Crippen LogP contribution < -0.4 is 5.32 Å². The molecule has 102 valence electrons. The first-order valence-electron chi connectivity index (χ1n) is 6.47. The minimum absolute atomic E-state index is 0.247. The number of nitrogens with zero attached hydrogens (tertiary/aromatic N) is 1. The second kappa shape index (κ2) is 8.00. The number of nitrogens with one attached hydrogen (secondary N) is 1. The molecule has 0 amide bonds. The molecule has 0 aliphatic carbocycles. The Hall–Kier alpha value is -0.280. The molecule has 1 atom stereocenters. The van der Waals surface area contributed by atoms with Gasteiger partial charge in [0.2, 0.25) is 0 Å². The highest BCUT2D eigenvalue weighted by atomic mass is 35.5. The van der Waals surface area contributed by atoms with Crippen molar-refractivity contribution in [2.24, 2.45) is 0 Å². The van der Waals surface area contributed by atoms with Crippen LogP contribution in [-0.2, 0) is 0 Å². The lowest BCUT2D eigenvalue weighted by molar-refractivity contribution is 0.284. The van der Waals surface area contributed by atoms with Crippen LogP contribution in [0.25, 0.3) is 0 Å². The molecule has 0 aliphatic rings. The van der Waals surface area contributed by atoms with Crippen LogP contribution in [0.15, 0.2) is 18.2 Å². The third-order valence-corrected chi connectivity index (χ3v) is 4.17. The minimum Gasteiger partial charge on any atom is -0.313 e.